The van der Waals surface area contributed by atoms with Gasteiger partial charge in [-0.2, -0.15) is 5.10 Å². The Hall–Kier alpha value is -0.920. The van der Waals surface area contributed by atoms with Crippen molar-refractivity contribution in [2.45, 2.75) is 44.7 Å². The van der Waals surface area contributed by atoms with Gasteiger partial charge in [-0.05, 0) is 6.42 Å². The highest BCUT2D eigenvalue weighted by Gasteiger charge is 2.15. The number of hydrogen-bond acceptors (Lipinski definition) is 4. The molecule has 0 amide bonds. The molecule has 0 radical (unpaired) electrons. The van der Waals surface area contributed by atoms with E-state index in [9.17, 15) is 8.42 Å². The van der Waals surface area contributed by atoms with Crippen molar-refractivity contribution in [2.75, 3.05) is 13.1 Å². The van der Waals surface area contributed by atoms with Crippen LogP contribution in [0.1, 0.15) is 27.2 Å². The summed E-state index contributed by atoms with van der Waals surface area (Å²) in [5, 5.41) is 7.30. The zero-order valence-corrected chi connectivity index (χ0v) is 12.0. The van der Waals surface area contributed by atoms with Gasteiger partial charge in [0, 0.05) is 25.3 Å². The molecule has 1 aromatic rings. The Balaban J connectivity index is 2.57. The lowest BCUT2D eigenvalue weighted by atomic mass is 10.4. The van der Waals surface area contributed by atoms with Crippen LogP contribution in [0.15, 0.2) is 17.3 Å². The predicted octanol–water partition coefficient (Wildman–Crippen LogP) is 0.569. The summed E-state index contributed by atoms with van der Waals surface area (Å²) in [6.07, 6.45) is 3.71. The number of sulfonamides is 1. The van der Waals surface area contributed by atoms with Gasteiger partial charge in [0.05, 0.1) is 12.7 Å². The van der Waals surface area contributed by atoms with Crippen LogP contribution < -0.4 is 10.0 Å². The van der Waals surface area contributed by atoms with E-state index in [0.717, 1.165) is 13.0 Å². The molecular weight excluding hydrogens is 252 g/mol. The van der Waals surface area contributed by atoms with Gasteiger partial charge in [0.2, 0.25) is 10.0 Å². The molecule has 0 aliphatic carbocycles. The fourth-order valence-corrected chi connectivity index (χ4v) is 2.48. The van der Waals surface area contributed by atoms with Crippen LogP contribution >= 0.6 is 0 Å². The fraction of sp³-hybridized carbons (Fsp3) is 0.727. The molecule has 0 unspecified atom stereocenters. The van der Waals surface area contributed by atoms with Crippen LogP contribution in [-0.2, 0) is 16.6 Å². The molecular formula is C11H22N4O2S. The van der Waals surface area contributed by atoms with E-state index < -0.39 is 10.0 Å². The summed E-state index contributed by atoms with van der Waals surface area (Å²) in [6, 6.07) is 0.412. The second-order valence-corrected chi connectivity index (χ2v) is 6.21. The molecule has 0 saturated heterocycles. The monoisotopic (exact) mass is 274 g/mol. The lowest BCUT2D eigenvalue weighted by molar-refractivity contribution is 0.514. The van der Waals surface area contributed by atoms with Gasteiger partial charge in [-0.1, -0.05) is 20.8 Å². The van der Waals surface area contributed by atoms with Gasteiger partial charge in [-0.25, -0.2) is 13.1 Å². The maximum Gasteiger partial charge on any atom is 0.243 e. The van der Waals surface area contributed by atoms with Crippen molar-refractivity contribution >= 4 is 10.0 Å². The summed E-state index contributed by atoms with van der Waals surface area (Å²) in [5.74, 6) is 0. The average Bonchev–Trinajstić information content (AvgIpc) is 2.75. The van der Waals surface area contributed by atoms with Crippen LogP contribution in [0, 0.1) is 0 Å². The summed E-state index contributed by atoms with van der Waals surface area (Å²) < 4.78 is 27.8. The third-order valence-electron chi connectivity index (χ3n) is 2.36. The Kier molecular flexibility index (Phi) is 5.77. The Morgan fingerprint density at radius 2 is 2.11 bits per heavy atom. The summed E-state index contributed by atoms with van der Waals surface area (Å²) in [5.41, 5.74) is 0. The van der Waals surface area contributed by atoms with Crippen LogP contribution in [0.2, 0.25) is 0 Å². The van der Waals surface area contributed by atoms with Crippen LogP contribution in [-0.4, -0.2) is 37.3 Å². The third kappa shape index (κ3) is 4.75. The maximum atomic E-state index is 11.8. The molecule has 0 aliphatic rings. The van der Waals surface area contributed by atoms with Crippen molar-refractivity contribution in [1.82, 2.24) is 19.8 Å². The topological polar surface area (TPSA) is 76.0 Å². The first-order valence-corrected chi connectivity index (χ1v) is 7.69. The number of rotatable bonds is 8. The molecule has 104 valence electrons. The van der Waals surface area contributed by atoms with Gasteiger partial charge in [0.15, 0.2) is 0 Å². The highest BCUT2D eigenvalue weighted by atomic mass is 32.2. The molecule has 1 aromatic heterocycles. The van der Waals surface area contributed by atoms with E-state index in [2.05, 4.69) is 29.0 Å². The molecule has 2 N–H and O–H groups in total. The Morgan fingerprint density at radius 3 is 2.72 bits per heavy atom. The minimum Gasteiger partial charge on any atom is -0.313 e. The van der Waals surface area contributed by atoms with Crippen LogP contribution in [0.25, 0.3) is 0 Å². The molecule has 18 heavy (non-hydrogen) atoms. The zero-order valence-electron chi connectivity index (χ0n) is 11.2. The normalized spacial score (nSPS) is 12.2. The first-order valence-electron chi connectivity index (χ1n) is 6.21. The van der Waals surface area contributed by atoms with E-state index in [1.54, 1.807) is 10.9 Å². The summed E-state index contributed by atoms with van der Waals surface area (Å²) in [4.78, 5) is 0.223. The number of nitrogens with zero attached hydrogens (tertiary/aromatic N) is 2. The SMILES string of the molecule is CCCNS(=O)(=O)c1cnn(CCNC(C)C)c1. The van der Waals surface area contributed by atoms with Crippen LogP contribution in [0.5, 0.6) is 0 Å². The molecule has 0 atom stereocenters. The first-order chi connectivity index (χ1) is 8.45. The average molecular weight is 274 g/mol. The van der Waals surface area contributed by atoms with E-state index in [1.165, 1.54) is 6.20 Å². The number of hydrogen-bond donors (Lipinski definition) is 2. The van der Waals surface area contributed by atoms with E-state index in [4.69, 9.17) is 0 Å². The number of aromatic nitrogens is 2. The van der Waals surface area contributed by atoms with Crippen molar-refractivity contribution in [3.8, 4) is 0 Å². The standard InChI is InChI=1S/C11H22N4O2S/c1-4-5-14-18(16,17)11-8-13-15(9-11)7-6-12-10(2)3/h8-10,12,14H,4-7H2,1-3H3. The van der Waals surface area contributed by atoms with E-state index in [1.807, 2.05) is 6.92 Å². The van der Waals surface area contributed by atoms with Gasteiger partial charge in [0.25, 0.3) is 0 Å². The molecule has 0 saturated carbocycles. The summed E-state index contributed by atoms with van der Waals surface area (Å²) >= 11 is 0. The largest absolute Gasteiger partial charge is 0.313 e. The van der Waals surface area contributed by atoms with Gasteiger partial charge < -0.3 is 5.32 Å². The summed E-state index contributed by atoms with van der Waals surface area (Å²) in [7, 11) is -3.40. The van der Waals surface area contributed by atoms with Crippen molar-refractivity contribution in [1.29, 1.82) is 0 Å². The van der Waals surface area contributed by atoms with E-state index in [0.29, 0.717) is 19.1 Å². The number of nitrogens with one attached hydrogen (secondary N) is 2. The van der Waals surface area contributed by atoms with Gasteiger partial charge in [-0.15, -0.1) is 0 Å². The minimum atomic E-state index is -3.40. The van der Waals surface area contributed by atoms with E-state index in [-0.39, 0.29) is 4.90 Å². The molecule has 1 heterocycles. The Bertz CT molecular complexity index is 453. The summed E-state index contributed by atoms with van der Waals surface area (Å²) in [6.45, 7) is 7.91. The van der Waals surface area contributed by atoms with Crippen molar-refractivity contribution in [2.24, 2.45) is 0 Å². The van der Waals surface area contributed by atoms with Gasteiger partial charge in [-0.3, -0.25) is 4.68 Å². The molecule has 1 rings (SSSR count). The van der Waals surface area contributed by atoms with Crippen LogP contribution in [0.4, 0.5) is 0 Å². The van der Waals surface area contributed by atoms with Crippen molar-refractivity contribution in [3.05, 3.63) is 12.4 Å². The van der Waals surface area contributed by atoms with Gasteiger partial charge >= 0.3 is 0 Å². The molecule has 0 spiro atoms. The quantitative estimate of drug-likeness (QED) is 0.726. The molecule has 0 aliphatic heterocycles. The minimum absolute atomic E-state index is 0.223. The second-order valence-electron chi connectivity index (χ2n) is 4.45. The molecule has 6 nitrogen and oxygen atoms in total. The first kappa shape index (κ1) is 15.1. The Labute approximate surface area is 109 Å². The third-order valence-corrected chi connectivity index (χ3v) is 3.77. The molecule has 0 bridgehead atoms. The van der Waals surface area contributed by atoms with Crippen molar-refractivity contribution in [3.63, 3.8) is 0 Å². The Morgan fingerprint density at radius 1 is 1.39 bits per heavy atom. The molecule has 0 aromatic carbocycles. The fourth-order valence-electron chi connectivity index (χ4n) is 1.39. The van der Waals surface area contributed by atoms with Crippen LogP contribution in [0.3, 0.4) is 0 Å². The molecule has 0 fully saturated rings. The second kappa shape index (κ2) is 6.86. The molecule has 7 heteroatoms. The highest BCUT2D eigenvalue weighted by Crippen LogP contribution is 2.06. The maximum absolute atomic E-state index is 11.8. The zero-order chi connectivity index (χ0) is 13.6. The highest BCUT2D eigenvalue weighted by molar-refractivity contribution is 7.89. The van der Waals surface area contributed by atoms with Crippen molar-refractivity contribution < 1.29 is 8.42 Å². The predicted molar refractivity (Wildman–Crippen MR) is 70.8 cm³/mol. The lowest BCUT2D eigenvalue weighted by Gasteiger charge is -2.07. The lowest BCUT2D eigenvalue weighted by Crippen LogP contribution is -2.27. The smallest absolute Gasteiger partial charge is 0.243 e. The van der Waals surface area contributed by atoms with Gasteiger partial charge in [0.1, 0.15) is 4.90 Å². The van der Waals surface area contributed by atoms with E-state index >= 15 is 0 Å².